The van der Waals surface area contributed by atoms with Gasteiger partial charge in [0.05, 0.1) is 5.02 Å². The average Bonchev–Trinajstić information content (AvgIpc) is 2.92. The standard InChI is InChI=1S/C16H18ClFN4O2S/c1-21-4-6-22(7-5-21)16-20-15(24)13(25-16)9-14(23)19-10-2-3-12(18)11(17)8-10/h2-3,8,13H,4-7,9H2,1H3,(H,19,23)/t13-/m1/s1. The lowest BCUT2D eigenvalue weighted by molar-refractivity contribution is -0.121. The van der Waals surface area contributed by atoms with E-state index in [2.05, 4.69) is 27.2 Å². The highest BCUT2D eigenvalue weighted by atomic mass is 35.5. The van der Waals surface area contributed by atoms with Crippen LogP contribution in [-0.4, -0.2) is 65.3 Å². The van der Waals surface area contributed by atoms with E-state index < -0.39 is 11.1 Å². The van der Waals surface area contributed by atoms with Crippen molar-refractivity contribution in [1.82, 2.24) is 9.80 Å². The van der Waals surface area contributed by atoms with E-state index in [1.807, 2.05) is 0 Å². The molecule has 1 N–H and O–H groups in total. The maximum absolute atomic E-state index is 13.1. The summed E-state index contributed by atoms with van der Waals surface area (Å²) < 4.78 is 13.1. The molecule has 1 aromatic carbocycles. The average molecular weight is 385 g/mol. The Morgan fingerprint density at radius 2 is 2.12 bits per heavy atom. The van der Waals surface area contributed by atoms with Gasteiger partial charge in [-0.1, -0.05) is 23.4 Å². The molecule has 2 aliphatic rings. The third kappa shape index (κ3) is 4.50. The van der Waals surface area contributed by atoms with Crippen molar-refractivity contribution in [2.75, 3.05) is 38.5 Å². The fourth-order valence-corrected chi connectivity index (χ4v) is 3.89. The van der Waals surface area contributed by atoms with E-state index in [1.54, 1.807) is 0 Å². The third-order valence-corrected chi connectivity index (χ3v) is 5.58. The highest BCUT2D eigenvalue weighted by molar-refractivity contribution is 8.15. The number of hydrogen-bond acceptors (Lipinski definition) is 5. The summed E-state index contributed by atoms with van der Waals surface area (Å²) >= 11 is 7.03. The Kier molecular flexibility index (Phi) is 5.61. The minimum absolute atomic E-state index is 0.0131. The SMILES string of the molecule is CN1CCN(C2=NC(=O)[C@@H](CC(=O)Nc3ccc(F)c(Cl)c3)S2)CC1. The molecule has 2 heterocycles. The Balaban J connectivity index is 1.54. The van der Waals surface area contributed by atoms with Gasteiger partial charge in [-0.05, 0) is 25.2 Å². The van der Waals surface area contributed by atoms with Gasteiger partial charge in [0.1, 0.15) is 11.1 Å². The number of piperazine rings is 1. The van der Waals surface area contributed by atoms with E-state index in [0.717, 1.165) is 26.2 Å². The molecule has 0 spiro atoms. The van der Waals surface area contributed by atoms with Crippen molar-refractivity contribution in [3.63, 3.8) is 0 Å². The summed E-state index contributed by atoms with van der Waals surface area (Å²) in [5, 5.41) is 2.74. The largest absolute Gasteiger partial charge is 0.349 e. The number of benzene rings is 1. The van der Waals surface area contributed by atoms with Crippen LogP contribution >= 0.6 is 23.4 Å². The van der Waals surface area contributed by atoms with Gasteiger partial charge in [-0.25, -0.2) is 4.39 Å². The number of carbonyl (C=O) groups is 2. The molecular formula is C16H18ClFN4O2S. The number of halogens is 2. The van der Waals surface area contributed by atoms with Gasteiger partial charge < -0.3 is 15.1 Å². The predicted molar refractivity (Wildman–Crippen MR) is 97.5 cm³/mol. The van der Waals surface area contributed by atoms with Gasteiger partial charge in [0.15, 0.2) is 5.17 Å². The molecular weight excluding hydrogens is 367 g/mol. The number of carbonyl (C=O) groups excluding carboxylic acids is 2. The Hall–Kier alpha value is -1.64. The Morgan fingerprint density at radius 1 is 1.40 bits per heavy atom. The van der Waals surface area contributed by atoms with Gasteiger partial charge in [0.25, 0.3) is 5.91 Å². The van der Waals surface area contributed by atoms with Gasteiger partial charge in [0, 0.05) is 38.3 Å². The van der Waals surface area contributed by atoms with Crippen LogP contribution in [-0.2, 0) is 9.59 Å². The van der Waals surface area contributed by atoms with Crippen molar-refractivity contribution in [1.29, 1.82) is 0 Å². The van der Waals surface area contributed by atoms with E-state index in [9.17, 15) is 14.0 Å². The van der Waals surface area contributed by atoms with Gasteiger partial charge in [-0.3, -0.25) is 9.59 Å². The smallest absolute Gasteiger partial charge is 0.262 e. The van der Waals surface area contributed by atoms with Crippen molar-refractivity contribution in [3.8, 4) is 0 Å². The predicted octanol–water partition coefficient (Wildman–Crippen LogP) is 2.05. The molecule has 0 radical (unpaired) electrons. The number of amidine groups is 1. The number of amides is 2. The van der Waals surface area contributed by atoms with E-state index in [-0.39, 0.29) is 23.3 Å². The maximum Gasteiger partial charge on any atom is 0.262 e. The molecule has 0 aliphatic carbocycles. The molecule has 1 aromatic rings. The summed E-state index contributed by atoms with van der Waals surface area (Å²) in [4.78, 5) is 32.6. The summed E-state index contributed by atoms with van der Waals surface area (Å²) in [7, 11) is 2.06. The normalized spacial score (nSPS) is 21.4. The van der Waals surface area contributed by atoms with Crippen LogP contribution in [0, 0.1) is 5.82 Å². The number of nitrogens with zero attached hydrogens (tertiary/aromatic N) is 3. The number of likely N-dealkylation sites (N-methyl/N-ethyl adjacent to an activating group) is 1. The molecule has 0 saturated carbocycles. The fraction of sp³-hybridized carbons (Fsp3) is 0.438. The molecule has 1 saturated heterocycles. The quantitative estimate of drug-likeness (QED) is 0.864. The summed E-state index contributed by atoms with van der Waals surface area (Å²) in [6.45, 7) is 3.49. The van der Waals surface area contributed by atoms with E-state index in [1.165, 1.54) is 30.0 Å². The molecule has 0 bridgehead atoms. The monoisotopic (exact) mass is 384 g/mol. The Labute approximate surface area is 154 Å². The lowest BCUT2D eigenvalue weighted by Crippen LogP contribution is -2.46. The van der Waals surface area contributed by atoms with Crippen LogP contribution in [0.5, 0.6) is 0 Å². The molecule has 6 nitrogen and oxygen atoms in total. The Morgan fingerprint density at radius 3 is 2.80 bits per heavy atom. The topological polar surface area (TPSA) is 65.0 Å². The molecule has 2 amide bonds. The zero-order chi connectivity index (χ0) is 18.0. The van der Waals surface area contributed by atoms with E-state index >= 15 is 0 Å². The first-order chi connectivity index (χ1) is 11.9. The second-order valence-corrected chi connectivity index (χ2v) is 7.59. The zero-order valence-electron chi connectivity index (χ0n) is 13.7. The second kappa shape index (κ2) is 7.72. The molecule has 3 rings (SSSR count). The third-order valence-electron chi connectivity index (χ3n) is 4.08. The fourth-order valence-electron chi connectivity index (χ4n) is 2.60. The summed E-state index contributed by atoms with van der Waals surface area (Å²) in [5.41, 5.74) is 0.395. The first kappa shape index (κ1) is 18.2. The van der Waals surface area contributed by atoms with Crippen LogP contribution in [0.2, 0.25) is 5.02 Å². The minimum atomic E-state index is -0.550. The molecule has 134 valence electrons. The van der Waals surface area contributed by atoms with Gasteiger partial charge in [-0.2, -0.15) is 4.99 Å². The summed E-state index contributed by atoms with van der Waals surface area (Å²) in [5.74, 6) is -1.17. The molecule has 9 heteroatoms. The van der Waals surface area contributed by atoms with Crippen LogP contribution < -0.4 is 5.32 Å². The van der Waals surface area contributed by atoms with Crippen LogP contribution in [0.3, 0.4) is 0 Å². The van der Waals surface area contributed by atoms with Crippen LogP contribution in [0.1, 0.15) is 6.42 Å². The lowest BCUT2D eigenvalue weighted by atomic mass is 10.2. The maximum atomic E-state index is 13.1. The van der Waals surface area contributed by atoms with Crippen LogP contribution in [0.4, 0.5) is 10.1 Å². The molecule has 1 fully saturated rings. The van der Waals surface area contributed by atoms with Crippen molar-refractivity contribution in [3.05, 3.63) is 29.0 Å². The van der Waals surface area contributed by atoms with Gasteiger partial charge in [0.2, 0.25) is 5.91 Å². The number of nitrogens with one attached hydrogen (secondary N) is 1. The van der Waals surface area contributed by atoms with Crippen LogP contribution in [0.15, 0.2) is 23.2 Å². The highest BCUT2D eigenvalue weighted by Crippen LogP contribution is 2.28. The first-order valence-electron chi connectivity index (χ1n) is 7.90. The molecule has 0 unspecified atom stereocenters. The molecule has 25 heavy (non-hydrogen) atoms. The molecule has 0 aromatic heterocycles. The van der Waals surface area contributed by atoms with E-state index in [0.29, 0.717) is 10.9 Å². The van der Waals surface area contributed by atoms with Crippen molar-refractivity contribution >= 4 is 46.0 Å². The van der Waals surface area contributed by atoms with Gasteiger partial charge >= 0.3 is 0 Å². The van der Waals surface area contributed by atoms with Crippen molar-refractivity contribution in [2.45, 2.75) is 11.7 Å². The number of aliphatic imine (C=N–C) groups is 1. The van der Waals surface area contributed by atoms with Gasteiger partial charge in [-0.15, -0.1) is 0 Å². The van der Waals surface area contributed by atoms with Crippen LogP contribution in [0.25, 0.3) is 0 Å². The number of rotatable bonds is 3. The highest BCUT2D eigenvalue weighted by Gasteiger charge is 2.33. The van der Waals surface area contributed by atoms with Crippen molar-refractivity contribution < 1.29 is 14.0 Å². The lowest BCUT2D eigenvalue weighted by Gasteiger charge is -2.33. The Bertz CT molecular complexity index is 722. The second-order valence-electron chi connectivity index (χ2n) is 6.01. The number of anilines is 1. The first-order valence-corrected chi connectivity index (χ1v) is 9.16. The summed E-state index contributed by atoms with van der Waals surface area (Å²) in [6.07, 6.45) is 0.0131. The zero-order valence-corrected chi connectivity index (χ0v) is 15.2. The molecule has 1 atom stereocenters. The number of thioether (sulfide) groups is 1. The van der Waals surface area contributed by atoms with Crippen molar-refractivity contribution in [2.24, 2.45) is 4.99 Å². The number of hydrogen-bond donors (Lipinski definition) is 1. The minimum Gasteiger partial charge on any atom is -0.349 e. The molecule has 2 aliphatic heterocycles. The summed E-state index contributed by atoms with van der Waals surface area (Å²) in [6, 6.07) is 3.95. The van der Waals surface area contributed by atoms with E-state index in [4.69, 9.17) is 11.6 Å².